The average Bonchev–Trinajstić information content (AvgIpc) is 3.23. The van der Waals surface area contributed by atoms with E-state index in [-0.39, 0.29) is 11.9 Å². The molecule has 3 amide bonds. The fourth-order valence-corrected chi connectivity index (χ4v) is 5.20. The number of nitrogens with one attached hydrogen (secondary N) is 1. The molecule has 7 heteroatoms. The van der Waals surface area contributed by atoms with E-state index in [9.17, 15) is 9.59 Å². The Morgan fingerprint density at radius 2 is 2.08 bits per heavy atom. The second kappa shape index (κ2) is 6.70. The first-order valence-electron chi connectivity index (χ1n) is 9.01. The topological polar surface area (TPSA) is 65.5 Å². The molecule has 0 aromatic carbocycles. The summed E-state index contributed by atoms with van der Waals surface area (Å²) in [5.74, 6) is 0.907. The normalized spacial score (nSPS) is 27.1. The van der Waals surface area contributed by atoms with Crippen LogP contribution in [0.5, 0.6) is 0 Å². The molecule has 1 aromatic heterocycles. The predicted octanol–water partition coefficient (Wildman–Crippen LogP) is 2.40. The SMILES string of the molecule is O=C1NCCN1c1nc(CC(=O)N2CCC[C@@H]3CCCC[C@H]32)cs1. The van der Waals surface area contributed by atoms with Crippen molar-refractivity contribution in [1.29, 1.82) is 0 Å². The van der Waals surface area contributed by atoms with E-state index in [2.05, 4.69) is 15.2 Å². The van der Waals surface area contributed by atoms with Gasteiger partial charge in [0.15, 0.2) is 5.13 Å². The van der Waals surface area contributed by atoms with Crippen molar-refractivity contribution < 1.29 is 9.59 Å². The van der Waals surface area contributed by atoms with Gasteiger partial charge in [-0.25, -0.2) is 9.78 Å². The Bertz CT molecular complexity index is 630. The van der Waals surface area contributed by atoms with E-state index in [0.717, 1.165) is 25.1 Å². The summed E-state index contributed by atoms with van der Waals surface area (Å²) in [5, 5.41) is 5.39. The molecule has 3 aliphatic rings. The molecule has 4 rings (SSSR count). The smallest absolute Gasteiger partial charge is 0.323 e. The summed E-state index contributed by atoms with van der Waals surface area (Å²) < 4.78 is 0. The van der Waals surface area contributed by atoms with Crippen LogP contribution < -0.4 is 10.2 Å². The first kappa shape index (κ1) is 15.9. The number of carbonyl (C=O) groups excluding carboxylic acids is 2. The highest BCUT2D eigenvalue weighted by Gasteiger charge is 2.35. The second-order valence-electron chi connectivity index (χ2n) is 7.02. The summed E-state index contributed by atoms with van der Waals surface area (Å²) in [6, 6.07) is 0.353. The lowest BCUT2D eigenvalue weighted by Crippen LogP contribution is -2.50. The van der Waals surface area contributed by atoms with Gasteiger partial charge in [-0.3, -0.25) is 9.69 Å². The van der Waals surface area contributed by atoms with Crippen LogP contribution in [0.2, 0.25) is 0 Å². The Balaban J connectivity index is 1.42. The molecule has 0 bridgehead atoms. The van der Waals surface area contributed by atoms with Crippen molar-refractivity contribution >= 4 is 28.4 Å². The van der Waals surface area contributed by atoms with Gasteiger partial charge in [0.2, 0.25) is 5.91 Å². The maximum absolute atomic E-state index is 12.8. The maximum Gasteiger partial charge on any atom is 0.323 e. The van der Waals surface area contributed by atoms with Gasteiger partial charge in [0.25, 0.3) is 0 Å². The number of rotatable bonds is 3. The highest BCUT2D eigenvalue weighted by molar-refractivity contribution is 7.14. The summed E-state index contributed by atoms with van der Waals surface area (Å²) >= 11 is 1.45. The lowest BCUT2D eigenvalue weighted by Gasteiger charge is -2.44. The molecule has 1 aliphatic carbocycles. The largest absolute Gasteiger partial charge is 0.339 e. The van der Waals surface area contributed by atoms with E-state index in [4.69, 9.17) is 0 Å². The van der Waals surface area contributed by atoms with Gasteiger partial charge in [0, 0.05) is 31.1 Å². The Kier molecular flexibility index (Phi) is 4.43. The Morgan fingerprint density at radius 3 is 2.92 bits per heavy atom. The minimum Gasteiger partial charge on any atom is -0.339 e. The van der Waals surface area contributed by atoms with Crippen molar-refractivity contribution in [3.63, 3.8) is 0 Å². The standard InChI is InChI=1S/C17H24N4O2S/c22-15(20-8-3-5-12-4-1-2-6-14(12)20)10-13-11-24-17(19-13)21-9-7-18-16(21)23/h11-12,14H,1-10H2,(H,18,23)/t12-,14+/m0/s1. The number of fused-ring (bicyclic) bond motifs is 1. The fraction of sp³-hybridized carbons (Fsp3) is 0.706. The number of amides is 3. The Labute approximate surface area is 146 Å². The zero-order valence-corrected chi connectivity index (χ0v) is 14.7. The van der Waals surface area contributed by atoms with Crippen molar-refractivity contribution in [1.82, 2.24) is 15.2 Å². The van der Waals surface area contributed by atoms with Gasteiger partial charge in [-0.1, -0.05) is 12.8 Å². The van der Waals surface area contributed by atoms with E-state index in [1.54, 1.807) is 4.90 Å². The predicted molar refractivity (Wildman–Crippen MR) is 93.3 cm³/mol. The average molecular weight is 348 g/mol. The molecule has 2 atom stereocenters. The molecule has 3 heterocycles. The third-order valence-corrected chi connectivity index (χ3v) is 6.44. The third-order valence-electron chi connectivity index (χ3n) is 5.52. The number of carbonyl (C=O) groups is 2. The van der Waals surface area contributed by atoms with Crippen LogP contribution in [-0.2, 0) is 11.2 Å². The van der Waals surface area contributed by atoms with Gasteiger partial charge in [0.1, 0.15) is 0 Å². The van der Waals surface area contributed by atoms with E-state index >= 15 is 0 Å². The number of thiazole rings is 1. The van der Waals surface area contributed by atoms with Gasteiger partial charge >= 0.3 is 6.03 Å². The fourth-order valence-electron chi connectivity index (χ4n) is 4.35. The third kappa shape index (κ3) is 3.01. The summed E-state index contributed by atoms with van der Waals surface area (Å²) in [5.41, 5.74) is 0.789. The van der Waals surface area contributed by atoms with Crippen LogP contribution in [0.4, 0.5) is 9.93 Å². The van der Waals surface area contributed by atoms with E-state index < -0.39 is 0 Å². The Morgan fingerprint density at radius 1 is 1.25 bits per heavy atom. The first-order chi connectivity index (χ1) is 11.7. The molecule has 1 saturated carbocycles. The number of hydrogen-bond acceptors (Lipinski definition) is 4. The zero-order chi connectivity index (χ0) is 16.5. The minimum atomic E-state index is -0.0942. The van der Waals surface area contributed by atoms with Gasteiger partial charge < -0.3 is 10.2 Å². The van der Waals surface area contributed by atoms with Crippen molar-refractivity contribution in [2.45, 2.75) is 51.0 Å². The monoisotopic (exact) mass is 348 g/mol. The second-order valence-corrected chi connectivity index (χ2v) is 7.86. The number of nitrogens with zero attached hydrogens (tertiary/aromatic N) is 3. The van der Waals surface area contributed by atoms with Gasteiger partial charge in [-0.15, -0.1) is 11.3 Å². The van der Waals surface area contributed by atoms with Crippen LogP contribution in [0.15, 0.2) is 5.38 Å². The highest BCUT2D eigenvalue weighted by atomic mass is 32.1. The molecule has 3 fully saturated rings. The number of hydrogen-bond donors (Lipinski definition) is 1. The first-order valence-corrected chi connectivity index (χ1v) is 9.89. The van der Waals surface area contributed by atoms with Gasteiger partial charge in [-0.2, -0.15) is 0 Å². The molecule has 2 aliphatic heterocycles. The Hall–Kier alpha value is -1.63. The van der Waals surface area contributed by atoms with Crippen molar-refractivity contribution in [2.75, 3.05) is 24.5 Å². The molecule has 2 saturated heterocycles. The van der Waals surface area contributed by atoms with Crippen LogP contribution in [0, 0.1) is 5.92 Å². The summed E-state index contributed by atoms with van der Waals surface area (Å²) in [4.78, 5) is 32.8. The lowest BCUT2D eigenvalue weighted by molar-refractivity contribution is -0.136. The highest BCUT2D eigenvalue weighted by Crippen LogP contribution is 2.35. The number of piperidine rings is 1. The lowest BCUT2D eigenvalue weighted by atomic mass is 9.78. The minimum absolute atomic E-state index is 0.0942. The number of anilines is 1. The van der Waals surface area contributed by atoms with Crippen LogP contribution in [-0.4, -0.2) is 47.5 Å². The van der Waals surface area contributed by atoms with Crippen molar-refractivity contribution in [3.8, 4) is 0 Å². The summed E-state index contributed by atoms with van der Waals surface area (Å²) in [7, 11) is 0. The molecule has 24 heavy (non-hydrogen) atoms. The van der Waals surface area contributed by atoms with Crippen molar-refractivity contribution in [2.24, 2.45) is 5.92 Å². The van der Waals surface area contributed by atoms with Crippen molar-refractivity contribution in [3.05, 3.63) is 11.1 Å². The molecule has 0 radical (unpaired) electrons. The zero-order valence-electron chi connectivity index (χ0n) is 13.9. The maximum atomic E-state index is 12.8. The van der Waals surface area contributed by atoms with E-state index in [0.29, 0.717) is 36.6 Å². The summed E-state index contributed by atoms with van der Waals surface area (Å²) in [6.07, 6.45) is 7.76. The molecule has 6 nitrogen and oxygen atoms in total. The van der Waals surface area contributed by atoms with E-state index in [1.165, 1.54) is 37.0 Å². The summed E-state index contributed by atoms with van der Waals surface area (Å²) in [6.45, 7) is 2.20. The molecule has 1 N–H and O–H groups in total. The van der Waals surface area contributed by atoms with E-state index in [1.807, 2.05) is 5.38 Å². The van der Waals surface area contributed by atoms with Crippen LogP contribution in [0.1, 0.15) is 44.2 Å². The molecule has 0 spiro atoms. The number of likely N-dealkylation sites (tertiary alicyclic amines) is 1. The number of urea groups is 1. The molecular weight excluding hydrogens is 324 g/mol. The quantitative estimate of drug-likeness (QED) is 0.912. The molecule has 0 unspecified atom stereocenters. The molecule has 1 aromatic rings. The van der Waals surface area contributed by atoms with Gasteiger partial charge in [0.05, 0.1) is 12.1 Å². The molecule has 130 valence electrons. The molecular formula is C17H24N4O2S. The van der Waals surface area contributed by atoms with Crippen LogP contribution in [0.25, 0.3) is 0 Å². The number of aromatic nitrogens is 1. The van der Waals surface area contributed by atoms with Gasteiger partial charge in [-0.05, 0) is 31.6 Å². The van der Waals surface area contributed by atoms with Crippen LogP contribution >= 0.6 is 11.3 Å². The van der Waals surface area contributed by atoms with Crippen LogP contribution in [0.3, 0.4) is 0 Å².